The zero-order chi connectivity index (χ0) is 11.2. The molecule has 0 unspecified atom stereocenters. The van der Waals surface area contributed by atoms with E-state index in [0.29, 0.717) is 6.10 Å². The summed E-state index contributed by atoms with van der Waals surface area (Å²) in [7, 11) is 2.01. The first kappa shape index (κ1) is 11.6. The van der Waals surface area contributed by atoms with E-state index in [0.717, 1.165) is 25.5 Å². The first-order valence-corrected chi connectivity index (χ1v) is 6.03. The highest BCUT2D eigenvalue weighted by Gasteiger charge is 2.28. The van der Waals surface area contributed by atoms with Crippen LogP contribution >= 0.6 is 0 Å². The molecular formula is C13H20N2O. The molecule has 3 nitrogen and oxygen atoms in total. The molecule has 2 rings (SSSR count). The summed E-state index contributed by atoms with van der Waals surface area (Å²) in [5.74, 6) is 0.827. The van der Waals surface area contributed by atoms with Gasteiger partial charge in [-0.25, -0.2) is 0 Å². The third-order valence-electron chi connectivity index (χ3n) is 3.15. The molecule has 0 radical (unpaired) electrons. The van der Waals surface area contributed by atoms with Crippen molar-refractivity contribution in [2.75, 3.05) is 20.2 Å². The van der Waals surface area contributed by atoms with Gasteiger partial charge in [0.15, 0.2) is 0 Å². The minimum absolute atomic E-state index is 0.495. The smallest absolute Gasteiger partial charge is 0.0581 e. The first-order chi connectivity index (χ1) is 7.88. The Balaban J connectivity index is 1.57. The van der Waals surface area contributed by atoms with E-state index in [2.05, 4.69) is 16.4 Å². The van der Waals surface area contributed by atoms with E-state index in [-0.39, 0.29) is 0 Å². The second-order valence-electron chi connectivity index (χ2n) is 4.50. The third kappa shape index (κ3) is 3.29. The Hall–Kier alpha value is -0.930. The number of nitrogens with zero attached hydrogens (tertiary/aromatic N) is 1. The summed E-state index contributed by atoms with van der Waals surface area (Å²) in [6, 6.07) is 4.07. The molecule has 1 aromatic heterocycles. The van der Waals surface area contributed by atoms with Gasteiger partial charge < -0.3 is 10.1 Å². The zero-order valence-electron chi connectivity index (χ0n) is 9.86. The van der Waals surface area contributed by atoms with E-state index in [9.17, 15) is 0 Å². The van der Waals surface area contributed by atoms with E-state index in [4.69, 9.17) is 4.74 Å². The van der Waals surface area contributed by atoms with Crippen molar-refractivity contribution in [3.63, 3.8) is 0 Å². The van der Waals surface area contributed by atoms with Gasteiger partial charge in [-0.15, -0.1) is 0 Å². The summed E-state index contributed by atoms with van der Waals surface area (Å²) in [6.07, 6.45) is 7.62. The molecule has 3 heteroatoms. The number of ether oxygens (including phenoxy) is 1. The van der Waals surface area contributed by atoms with Crippen LogP contribution in [0.1, 0.15) is 18.4 Å². The quantitative estimate of drug-likeness (QED) is 0.791. The van der Waals surface area contributed by atoms with Crippen LogP contribution in [-0.2, 0) is 11.2 Å². The van der Waals surface area contributed by atoms with Crippen molar-refractivity contribution in [3.05, 3.63) is 30.1 Å². The lowest BCUT2D eigenvalue weighted by molar-refractivity contribution is -0.0280. The second kappa shape index (κ2) is 5.97. The van der Waals surface area contributed by atoms with Crippen LogP contribution in [-0.4, -0.2) is 31.3 Å². The highest BCUT2D eigenvalue weighted by molar-refractivity contribution is 5.08. The van der Waals surface area contributed by atoms with Gasteiger partial charge in [0.2, 0.25) is 0 Å². The highest BCUT2D eigenvalue weighted by atomic mass is 16.5. The molecule has 0 aliphatic heterocycles. The number of aromatic nitrogens is 1. The van der Waals surface area contributed by atoms with Crippen molar-refractivity contribution in [1.82, 2.24) is 10.3 Å². The molecule has 88 valence electrons. The molecule has 1 N–H and O–H groups in total. The molecule has 0 atom stereocenters. The van der Waals surface area contributed by atoms with Crippen LogP contribution in [0.25, 0.3) is 0 Å². The lowest BCUT2D eigenvalue weighted by atomic mass is 9.82. The molecular weight excluding hydrogens is 200 g/mol. The summed E-state index contributed by atoms with van der Waals surface area (Å²) in [4.78, 5) is 4.09. The average molecular weight is 220 g/mol. The van der Waals surface area contributed by atoms with E-state index >= 15 is 0 Å². The van der Waals surface area contributed by atoms with Gasteiger partial charge in [-0.05, 0) is 50.4 Å². The van der Waals surface area contributed by atoms with Crippen molar-refractivity contribution >= 4 is 0 Å². The maximum atomic E-state index is 5.80. The third-order valence-corrected chi connectivity index (χ3v) is 3.15. The Bertz CT molecular complexity index is 296. The van der Waals surface area contributed by atoms with Gasteiger partial charge in [-0.2, -0.15) is 0 Å². The van der Waals surface area contributed by atoms with Crippen LogP contribution in [0.4, 0.5) is 0 Å². The van der Waals surface area contributed by atoms with Gasteiger partial charge >= 0.3 is 0 Å². The van der Waals surface area contributed by atoms with Gasteiger partial charge in [0.05, 0.1) is 12.7 Å². The van der Waals surface area contributed by atoms with Gasteiger partial charge in [-0.3, -0.25) is 4.98 Å². The Kier molecular flexibility index (Phi) is 4.31. The van der Waals surface area contributed by atoms with Crippen molar-refractivity contribution < 1.29 is 4.74 Å². The number of nitrogens with one attached hydrogen (secondary N) is 1. The Morgan fingerprint density at radius 3 is 3.06 bits per heavy atom. The predicted octanol–water partition coefficient (Wildman–Crippen LogP) is 1.64. The summed E-state index contributed by atoms with van der Waals surface area (Å²) in [6.45, 7) is 1.95. The van der Waals surface area contributed by atoms with E-state index in [1.54, 1.807) is 6.20 Å². The van der Waals surface area contributed by atoms with Crippen LogP contribution < -0.4 is 5.32 Å². The van der Waals surface area contributed by atoms with Gasteiger partial charge in [-0.1, -0.05) is 6.07 Å². The lowest BCUT2D eigenvalue weighted by Crippen LogP contribution is -2.37. The standard InChI is InChI=1S/C13H20N2O/c1-14-9-12-7-13(8-12)16-6-4-11-3-2-5-15-10-11/h2-3,5,10,12-14H,4,6-9H2,1H3. The highest BCUT2D eigenvalue weighted by Crippen LogP contribution is 2.29. The number of pyridine rings is 1. The van der Waals surface area contributed by atoms with Crippen molar-refractivity contribution in [2.45, 2.75) is 25.4 Å². The van der Waals surface area contributed by atoms with Crippen LogP contribution in [0.5, 0.6) is 0 Å². The monoisotopic (exact) mass is 220 g/mol. The van der Waals surface area contributed by atoms with Crippen LogP contribution in [0.3, 0.4) is 0 Å². The lowest BCUT2D eigenvalue weighted by Gasteiger charge is -2.35. The van der Waals surface area contributed by atoms with Crippen LogP contribution in [0, 0.1) is 5.92 Å². The zero-order valence-corrected chi connectivity index (χ0v) is 9.86. The fourth-order valence-electron chi connectivity index (χ4n) is 2.16. The number of hydrogen-bond donors (Lipinski definition) is 1. The Morgan fingerprint density at radius 1 is 1.50 bits per heavy atom. The molecule has 1 fully saturated rings. The van der Waals surface area contributed by atoms with Crippen molar-refractivity contribution in [2.24, 2.45) is 5.92 Å². The van der Waals surface area contributed by atoms with E-state index in [1.807, 2.05) is 19.3 Å². The summed E-state index contributed by atoms with van der Waals surface area (Å²) >= 11 is 0. The van der Waals surface area contributed by atoms with Crippen molar-refractivity contribution in [3.8, 4) is 0 Å². The molecule has 1 aliphatic rings. The molecule has 0 aromatic carbocycles. The largest absolute Gasteiger partial charge is 0.378 e. The molecule has 0 saturated heterocycles. The predicted molar refractivity (Wildman–Crippen MR) is 64.3 cm³/mol. The molecule has 1 heterocycles. The van der Waals surface area contributed by atoms with Gasteiger partial charge in [0, 0.05) is 12.4 Å². The first-order valence-electron chi connectivity index (χ1n) is 6.03. The molecule has 1 aromatic rings. The van der Waals surface area contributed by atoms with Crippen LogP contribution in [0.2, 0.25) is 0 Å². The summed E-state index contributed by atoms with van der Waals surface area (Å²) < 4.78 is 5.80. The van der Waals surface area contributed by atoms with Gasteiger partial charge in [0.25, 0.3) is 0 Å². The number of hydrogen-bond acceptors (Lipinski definition) is 3. The van der Waals surface area contributed by atoms with E-state index in [1.165, 1.54) is 18.4 Å². The Labute approximate surface area is 97.2 Å². The normalized spacial score (nSPS) is 24.1. The Morgan fingerprint density at radius 2 is 2.38 bits per heavy atom. The molecule has 0 bridgehead atoms. The van der Waals surface area contributed by atoms with Crippen LogP contribution in [0.15, 0.2) is 24.5 Å². The summed E-state index contributed by atoms with van der Waals surface area (Å²) in [5, 5.41) is 3.21. The molecule has 16 heavy (non-hydrogen) atoms. The maximum absolute atomic E-state index is 5.80. The van der Waals surface area contributed by atoms with Crippen molar-refractivity contribution in [1.29, 1.82) is 0 Å². The molecule has 0 spiro atoms. The fraction of sp³-hybridized carbons (Fsp3) is 0.615. The molecule has 1 saturated carbocycles. The average Bonchev–Trinajstić information content (AvgIpc) is 2.27. The minimum Gasteiger partial charge on any atom is -0.378 e. The minimum atomic E-state index is 0.495. The number of rotatable bonds is 6. The molecule has 0 amide bonds. The SMILES string of the molecule is CNCC1CC(OCCc2cccnc2)C1. The summed E-state index contributed by atoms with van der Waals surface area (Å²) in [5.41, 5.74) is 1.26. The van der Waals surface area contributed by atoms with Gasteiger partial charge in [0.1, 0.15) is 0 Å². The topological polar surface area (TPSA) is 34.1 Å². The molecule has 1 aliphatic carbocycles. The second-order valence-corrected chi connectivity index (χ2v) is 4.50. The van der Waals surface area contributed by atoms with E-state index < -0.39 is 0 Å². The fourth-order valence-corrected chi connectivity index (χ4v) is 2.16. The maximum Gasteiger partial charge on any atom is 0.0581 e.